The van der Waals surface area contributed by atoms with E-state index < -0.39 is 0 Å². The number of imidazole rings is 2. The minimum Gasteiger partial charge on any atom is -0.497 e. The zero-order valence-corrected chi connectivity index (χ0v) is 30.7. The molecule has 6 aromatic heterocycles. The molecule has 0 aliphatic rings. The zero-order chi connectivity index (χ0) is 34.9. The third-order valence-corrected chi connectivity index (χ3v) is 9.84. The first-order valence-electron chi connectivity index (χ1n) is 17.4. The smallest absolute Gasteiger partial charge is 0.497 e. The maximum atomic E-state index is 6.59. The van der Waals surface area contributed by atoms with Crippen molar-refractivity contribution in [3.63, 3.8) is 0 Å². The molecule has 0 aliphatic carbocycles. The van der Waals surface area contributed by atoms with Crippen LogP contribution >= 0.6 is 0 Å². The molecule has 0 saturated heterocycles. The molecule has 0 aliphatic heterocycles. The van der Waals surface area contributed by atoms with E-state index in [-0.39, 0.29) is 21.1 Å². The van der Waals surface area contributed by atoms with E-state index in [2.05, 4.69) is 87.8 Å². The summed E-state index contributed by atoms with van der Waals surface area (Å²) >= 11 is 0. The molecule has 256 valence electrons. The molecule has 0 bridgehead atoms. The van der Waals surface area contributed by atoms with E-state index in [1.54, 1.807) is 0 Å². The van der Waals surface area contributed by atoms with E-state index in [4.69, 9.17) is 24.7 Å². The first kappa shape index (κ1) is 32.0. The summed E-state index contributed by atoms with van der Waals surface area (Å²) in [6.07, 6.45) is 5.71. The number of nitrogens with zero attached hydrogens (tertiary/aromatic N) is 6. The molecular weight excluding hydrogens is 848 g/mol. The predicted octanol–water partition coefficient (Wildman–Crippen LogP) is 10.8. The third kappa shape index (κ3) is 5.01. The SMILES string of the molecule is [Pt+2].[c-]1c(Oc2[c-]c3c(cc2)c2ncccc2n2c(-c4ccccc4)c(-c4ccccc4)nc32)ccc2c1c1nc(-c3ccccc3)cn1c1cccnc21. The Kier molecular flexibility index (Phi) is 7.56. The molecule has 0 atom stereocenters. The van der Waals surface area contributed by atoms with Crippen molar-refractivity contribution in [3.05, 3.63) is 170 Å². The molecule has 6 heterocycles. The van der Waals surface area contributed by atoms with Gasteiger partial charge in [0.2, 0.25) is 0 Å². The second kappa shape index (κ2) is 12.8. The maximum absolute atomic E-state index is 6.59. The van der Waals surface area contributed by atoms with Crippen molar-refractivity contribution in [2.45, 2.75) is 0 Å². The largest absolute Gasteiger partial charge is 2.00 e. The van der Waals surface area contributed by atoms with Gasteiger partial charge >= 0.3 is 21.1 Å². The van der Waals surface area contributed by atoms with Crippen LogP contribution in [0.2, 0.25) is 0 Å². The summed E-state index contributed by atoms with van der Waals surface area (Å²) in [7, 11) is 0. The Balaban J connectivity index is 0.00000361. The first-order valence-corrected chi connectivity index (χ1v) is 17.4. The van der Waals surface area contributed by atoms with Gasteiger partial charge in [-0.25, -0.2) is 0 Å². The summed E-state index contributed by atoms with van der Waals surface area (Å²) in [5.41, 5.74) is 11.1. The fourth-order valence-electron chi connectivity index (χ4n) is 7.49. The number of pyridine rings is 4. The number of fused-ring (bicyclic) bond motifs is 12. The normalized spacial score (nSPS) is 11.6. The Labute approximate surface area is 323 Å². The molecule has 11 rings (SSSR count). The number of ether oxygens (including phenoxy) is 1. The Morgan fingerprint density at radius 3 is 1.70 bits per heavy atom. The molecule has 7 nitrogen and oxygen atoms in total. The number of hydrogen-bond donors (Lipinski definition) is 0. The monoisotopic (exact) mass is 873 g/mol. The minimum atomic E-state index is 0. The van der Waals surface area contributed by atoms with E-state index in [9.17, 15) is 0 Å². The van der Waals surface area contributed by atoms with Crippen LogP contribution in [0.4, 0.5) is 0 Å². The summed E-state index contributed by atoms with van der Waals surface area (Å²) in [5, 5.41) is 3.53. The van der Waals surface area contributed by atoms with Crippen LogP contribution in [-0.2, 0) is 21.1 Å². The van der Waals surface area contributed by atoms with E-state index in [1.165, 1.54) is 0 Å². The Bertz CT molecular complexity index is 3200. The fourth-order valence-corrected chi connectivity index (χ4v) is 7.49. The predicted molar refractivity (Wildman–Crippen MR) is 210 cm³/mol. The van der Waals surface area contributed by atoms with Gasteiger partial charge in [-0.05, 0) is 29.8 Å². The van der Waals surface area contributed by atoms with Crippen molar-refractivity contribution in [3.8, 4) is 45.3 Å². The molecule has 0 fully saturated rings. The number of benzene rings is 5. The second-order valence-electron chi connectivity index (χ2n) is 13.0. The standard InChI is InChI=1S/C46H26N6O.Pt/c1-4-12-29(13-5-1)38-28-51-39-18-10-24-47-42(39)34-22-20-32(26-36(34)45(51)49-38)53-33-21-23-35-37(27-33)46-50-41(30-14-6-2-7-15-30)44(31-16-8-3-9-17-31)52(46)40-19-11-25-48-43(35)40;/h1-25,28H;/q-2;+2. The second-order valence-corrected chi connectivity index (χ2v) is 13.0. The van der Waals surface area contributed by atoms with Crippen LogP contribution in [0.3, 0.4) is 0 Å². The quantitative estimate of drug-likeness (QED) is 0.127. The van der Waals surface area contributed by atoms with Gasteiger partial charge in [0.1, 0.15) is 0 Å². The topological polar surface area (TPSA) is 69.6 Å². The van der Waals surface area contributed by atoms with Gasteiger partial charge < -0.3 is 13.5 Å². The van der Waals surface area contributed by atoms with Crippen LogP contribution in [0.15, 0.2) is 158 Å². The van der Waals surface area contributed by atoms with Crippen molar-refractivity contribution in [2.24, 2.45) is 0 Å². The molecule has 0 saturated carbocycles. The molecule has 0 unspecified atom stereocenters. The minimum absolute atomic E-state index is 0. The number of rotatable bonds is 5. The summed E-state index contributed by atoms with van der Waals surface area (Å²) in [6, 6.07) is 54.1. The van der Waals surface area contributed by atoms with Crippen molar-refractivity contribution in [2.75, 3.05) is 0 Å². The maximum Gasteiger partial charge on any atom is 2.00 e. The molecule has 5 aromatic carbocycles. The van der Waals surface area contributed by atoms with Crippen LogP contribution < -0.4 is 4.74 Å². The molecule has 11 aromatic rings. The van der Waals surface area contributed by atoms with Crippen LogP contribution in [0.1, 0.15) is 0 Å². The van der Waals surface area contributed by atoms with E-state index in [1.807, 2.05) is 91.3 Å². The molecule has 0 amide bonds. The van der Waals surface area contributed by atoms with E-state index >= 15 is 0 Å². The summed E-state index contributed by atoms with van der Waals surface area (Å²) < 4.78 is 10.9. The summed E-state index contributed by atoms with van der Waals surface area (Å²) in [6.45, 7) is 0. The Morgan fingerprint density at radius 1 is 0.500 bits per heavy atom. The number of hydrogen-bond acceptors (Lipinski definition) is 5. The first-order chi connectivity index (χ1) is 26.3. The third-order valence-electron chi connectivity index (χ3n) is 9.84. The molecule has 0 N–H and O–H groups in total. The zero-order valence-electron chi connectivity index (χ0n) is 28.4. The van der Waals surface area contributed by atoms with Gasteiger partial charge in [0.05, 0.1) is 50.4 Å². The molecule has 0 spiro atoms. The molecule has 54 heavy (non-hydrogen) atoms. The average molecular weight is 874 g/mol. The van der Waals surface area contributed by atoms with Gasteiger partial charge in [0.25, 0.3) is 0 Å². The fraction of sp³-hybridized carbons (Fsp3) is 0. The van der Waals surface area contributed by atoms with Gasteiger partial charge in [0.15, 0.2) is 0 Å². The Morgan fingerprint density at radius 2 is 1.06 bits per heavy atom. The van der Waals surface area contributed by atoms with Gasteiger partial charge in [-0.15, -0.1) is 12.1 Å². The van der Waals surface area contributed by atoms with Gasteiger partial charge in [-0.2, -0.15) is 0 Å². The van der Waals surface area contributed by atoms with Crippen molar-refractivity contribution < 1.29 is 25.8 Å². The van der Waals surface area contributed by atoms with Gasteiger partial charge in [-0.1, -0.05) is 137 Å². The van der Waals surface area contributed by atoms with Crippen LogP contribution in [-0.4, -0.2) is 28.7 Å². The van der Waals surface area contributed by atoms with E-state index in [0.29, 0.717) is 11.5 Å². The van der Waals surface area contributed by atoms with Crippen molar-refractivity contribution >= 4 is 54.9 Å². The summed E-state index contributed by atoms with van der Waals surface area (Å²) in [4.78, 5) is 20.1. The summed E-state index contributed by atoms with van der Waals surface area (Å²) in [5.74, 6) is 1.09. The van der Waals surface area contributed by atoms with E-state index in [0.717, 1.165) is 88.7 Å². The van der Waals surface area contributed by atoms with Crippen molar-refractivity contribution in [1.29, 1.82) is 0 Å². The Hall–Kier alpha value is -6.69. The number of aromatic nitrogens is 6. The van der Waals surface area contributed by atoms with Crippen LogP contribution in [0.5, 0.6) is 11.5 Å². The molecule has 0 radical (unpaired) electrons. The van der Waals surface area contributed by atoms with Crippen LogP contribution in [0.25, 0.3) is 88.7 Å². The van der Waals surface area contributed by atoms with Crippen LogP contribution in [0, 0.1) is 12.1 Å². The van der Waals surface area contributed by atoms with Gasteiger partial charge in [0, 0.05) is 41.2 Å². The average Bonchev–Trinajstić information content (AvgIpc) is 3.87. The molecule has 8 heteroatoms. The molecular formula is C46H26N6OPt. The van der Waals surface area contributed by atoms with Crippen molar-refractivity contribution in [1.82, 2.24) is 28.7 Å². The van der Waals surface area contributed by atoms with Gasteiger partial charge in [-0.3, -0.25) is 19.9 Å².